The Kier molecular flexibility index (Phi) is 3.99. The first-order valence-electron chi connectivity index (χ1n) is 8.02. The van der Waals surface area contributed by atoms with Gasteiger partial charge in [-0.1, -0.05) is 6.07 Å². The summed E-state index contributed by atoms with van der Waals surface area (Å²) in [6.07, 6.45) is 3.57. The molecular formula is C17H27N3. The summed E-state index contributed by atoms with van der Waals surface area (Å²) in [6.45, 7) is 9.21. The van der Waals surface area contributed by atoms with Crippen LogP contribution < -0.4 is 10.6 Å². The van der Waals surface area contributed by atoms with Gasteiger partial charge in [0.2, 0.25) is 0 Å². The average Bonchev–Trinajstić information content (AvgIpc) is 2.47. The fourth-order valence-electron chi connectivity index (χ4n) is 3.53. The molecule has 1 aromatic carbocycles. The van der Waals surface area contributed by atoms with E-state index in [2.05, 4.69) is 41.8 Å². The van der Waals surface area contributed by atoms with Crippen molar-refractivity contribution in [3.63, 3.8) is 0 Å². The van der Waals surface area contributed by atoms with E-state index in [0.29, 0.717) is 6.04 Å². The third kappa shape index (κ3) is 2.70. The Labute approximate surface area is 122 Å². The fourth-order valence-corrected chi connectivity index (χ4v) is 3.53. The second-order valence-electron chi connectivity index (χ2n) is 6.50. The van der Waals surface area contributed by atoms with E-state index in [9.17, 15) is 0 Å². The number of piperazine rings is 1. The van der Waals surface area contributed by atoms with E-state index >= 15 is 0 Å². The molecule has 3 nitrogen and oxygen atoms in total. The molecule has 0 radical (unpaired) electrons. The third-order valence-corrected chi connectivity index (χ3v) is 4.90. The maximum absolute atomic E-state index is 6.21. The van der Waals surface area contributed by atoms with Crippen LogP contribution in [0.4, 0.5) is 5.69 Å². The number of hydrogen-bond donors (Lipinski definition) is 1. The van der Waals surface area contributed by atoms with Crippen LogP contribution >= 0.6 is 0 Å². The van der Waals surface area contributed by atoms with Crippen molar-refractivity contribution in [3.8, 4) is 0 Å². The van der Waals surface area contributed by atoms with Crippen molar-refractivity contribution in [2.45, 2.75) is 45.2 Å². The van der Waals surface area contributed by atoms with Crippen LogP contribution in [-0.4, -0.2) is 37.1 Å². The first-order valence-corrected chi connectivity index (χ1v) is 8.02. The molecule has 1 aliphatic heterocycles. The number of nitrogens with two attached hydrogens (primary N) is 1. The summed E-state index contributed by atoms with van der Waals surface area (Å²) in [6, 6.07) is 7.85. The van der Waals surface area contributed by atoms with Crippen molar-refractivity contribution < 1.29 is 0 Å². The number of aryl methyl sites for hydroxylation is 1. The third-order valence-electron chi connectivity index (χ3n) is 4.90. The summed E-state index contributed by atoms with van der Waals surface area (Å²) in [5.41, 5.74) is 10.5. The minimum absolute atomic E-state index is 0.255. The first-order chi connectivity index (χ1) is 9.65. The minimum Gasteiger partial charge on any atom is -0.369 e. The standard InChI is InChI=1S/C17H27N3/c1-13(2)19-8-10-20(11-9-19)15-6-7-16-14(12-15)4-3-5-17(16)18/h6-7,12-13,17H,3-5,8-11,18H2,1-2H3/t17-/m1/s1. The Hall–Kier alpha value is -1.06. The molecule has 0 bridgehead atoms. The largest absolute Gasteiger partial charge is 0.369 e. The van der Waals surface area contributed by atoms with Crippen molar-refractivity contribution in [2.75, 3.05) is 31.1 Å². The Bertz CT molecular complexity index is 461. The van der Waals surface area contributed by atoms with Gasteiger partial charge in [0.15, 0.2) is 0 Å². The molecule has 3 rings (SSSR count). The highest BCUT2D eigenvalue weighted by Crippen LogP contribution is 2.31. The number of fused-ring (bicyclic) bond motifs is 1. The molecule has 0 amide bonds. The molecule has 20 heavy (non-hydrogen) atoms. The molecule has 1 aromatic rings. The van der Waals surface area contributed by atoms with Crippen molar-refractivity contribution in [2.24, 2.45) is 5.73 Å². The first kappa shape index (κ1) is 13.9. The van der Waals surface area contributed by atoms with Gasteiger partial charge in [0, 0.05) is 44.0 Å². The molecule has 3 heteroatoms. The van der Waals surface area contributed by atoms with Crippen LogP contribution in [0.5, 0.6) is 0 Å². The van der Waals surface area contributed by atoms with Gasteiger partial charge in [-0.05, 0) is 56.4 Å². The minimum atomic E-state index is 0.255. The van der Waals surface area contributed by atoms with E-state index in [1.165, 1.54) is 42.7 Å². The Balaban J connectivity index is 1.72. The quantitative estimate of drug-likeness (QED) is 0.899. The number of hydrogen-bond acceptors (Lipinski definition) is 3. The Morgan fingerprint density at radius 2 is 1.90 bits per heavy atom. The van der Waals surface area contributed by atoms with E-state index < -0.39 is 0 Å². The lowest BCUT2D eigenvalue weighted by molar-refractivity contribution is 0.209. The van der Waals surface area contributed by atoms with E-state index in [-0.39, 0.29) is 6.04 Å². The Morgan fingerprint density at radius 1 is 1.15 bits per heavy atom. The smallest absolute Gasteiger partial charge is 0.0370 e. The Morgan fingerprint density at radius 3 is 2.60 bits per heavy atom. The average molecular weight is 273 g/mol. The summed E-state index contributed by atoms with van der Waals surface area (Å²) < 4.78 is 0. The van der Waals surface area contributed by atoms with Gasteiger partial charge in [-0.3, -0.25) is 4.90 Å². The molecular weight excluding hydrogens is 246 g/mol. The van der Waals surface area contributed by atoms with Gasteiger partial charge in [0.05, 0.1) is 0 Å². The van der Waals surface area contributed by atoms with Gasteiger partial charge in [0.25, 0.3) is 0 Å². The molecule has 110 valence electrons. The van der Waals surface area contributed by atoms with Crippen LogP contribution in [-0.2, 0) is 6.42 Å². The molecule has 1 saturated heterocycles. The molecule has 1 aliphatic carbocycles. The predicted octanol–water partition coefficient (Wildman–Crippen LogP) is 2.55. The second-order valence-corrected chi connectivity index (χ2v) is 6.50. The lowest BCUT2D eigenvalue weighted by Gasteiger charge is -2.38. The lowest BCUT2D eigenvalue weighted by Crippen LogP contribution is -2.48. The van der Waals surface area contributed by atoms with Crippen LogP contribution in [0, 0.1) is 0 Å². The SMILES string of the molecule is CC(C)N1CCN(c2ccc3c(c2)CCC[C@H]3N)CC1. The molecule has 2 N–H and O–H groups in total. The zero-order valence-corrected chi connectivity index (χ0v) is 12.8. The zero-order chi connectivity index (χ0) is 14.1. The molecule has 1 fully saturated rings. The number of anilines is 1. The van der Waals surface area contributed by atoms with Crippen molar-refractivity contribution in [1.29, 1.82) is 0 Å². The molecule has 0 unspecified atom stereocenters. The van der Waals surface area contributed by atoms with E-state index in [1.807, 2.05) is 0 Å². The fraction of sp³-hybridized carbons (Fsp3) is 0.647. The molecule has 0 saturated carbocycles. The van der Waals surface area contributed by atoms with Crippen LogP contribution in [0.3, 0.4) is 0 Å². The van der Waals surface area contributed by atoms with Gasteiger partial charge in [-0.25, -0.2) is 0 Å². The molecule has 1 heterocycles. The van der Waals surface area contributed by atoms with Crippen LogP contribution in [0.1, 0.15) is 43.9 Å². The highest BCUT2D eigenvalue weighted by molar-refractivity contribution is 5.52. The van der Waals surface area contributed by atoms with Gasteiger partial charge >= 0.3 is 0 Å². The summed E-state index contributed by atoms with van der Waals surface area (Å²) >= 11 is 0. The van der Waals surface area contributed by atoms with E-state index in [1.54, 1.807) is 0 Å². The molecule has 0 aromatic heterocycles. The summed E-state index contributed by atoms with van der Waals surface area (Å²) in [4.78, 5) is 5.09. The predicted molar refractivity (Wildman–Crippen MR) is 85.2 cm³/mol. The summed E-state index contributed by atoms with van der Waals surface area (Å²) in [7, 11) is 0. The van der Waals surface area contributed by atoms with Crippen LogP contribution in [0.15, 0.2) is 18.2 Å². The number of benzene rings is 1. The maximum Gasteiger partial charge on any atom is 0.0370 e. The maximum atomic E-state index is 6.21. The number of rotatable bonds is 2. The van der Waals surface area contributed by atoms with E-state index in [4.69, 9.17) is 5.73 Å². The second kappa shape index (κ2) is 5.74. The highest BCUT2D eigenvalue weighted by atomic mass is 15.3. The van der Waals surface area contributed by atoms with E-state index in [0.717, 1.165) is 19.5 Å². The van der Waals surface area contributed by atoms with Gasteiger partial charge < -0.3 is 10.6 Å². The lowest BCUT2D eigenvalue weighted by atomic mass is 9.88. The molecule has 0 spiro atoms. The van der Waals surface area contributed by atoms with Crippen LogP contribution in [0.2, 0.25) is 0 Å². The van der Waals surface area contributed by atoms with Gasteiger partial charge in [-0.2, -0.15) is 0 Å². The highest BCUT2D eigenvalue weighted by Gasteiger charge is 2.21. The monoisotopic (exact) mass is 273 g/mol. The normalized spacial score (nSPS) is 24.0. The number of nitrogens with zero attached hydrogens (tertiary/aromatic N) is 2. The summed E-state index contributed by atoms with van der Waals surface area (Å²) in [5.74, 6) is 0. The molecule has 1 atom stereocenters. The summed E-state index contributed by atoms with van der Waals surface area (Å²) in [5, 5.41) is 0. The molecule has 2 aliphatic rings. The van der Waals surface area contributed by atoms with Gasteiger partial charge in [0.1, 0.15) is 0 Å². The van der Waals surface area contributed by atoms with Gasteiger partial charge in [-0.15, -0.1) is 0 Å². The zero-order valence-electron chi connectivity index (χ0n) is 12.8. The van der Waals surface area contributed by atoms with Crippen molar-refractivity contribution >= 4 is 5.69 Å². The van der Waals surface area contributed by atoms with Crippen LogP contribution in [0.25, 0.3) is 0 Å². The van der Waals surface area contributed by atoms with Crippen molar-refractivity contribution in [1.82, 2.24) is 4.90 Å². The van der Waals surface area contributed by atoms with Crippen molar-refractivity contribution in [3.05, 3.63) is 29.3 Å². The topological polar surface area (TPSA) is 32.5 Å².